The Morgan fingerprint density at radius 1 is 1.28 bits per heavy atom. The Balaban J connectivity index is 1.63. The number of aryl methyl sites for hydroxylation is 1. The summed E-state index contributed by atoms with van der Waals surface area (Å²) in [7, 11) is 0. The predicted molar refractivity (Wildman–Crippen MR) is 98.5 cm³/mol. The number of H-pyrrole nitrogens is 1. The summed E-state index contributed by atoms with van der Waals surface area (Å²) >= 11 is 0. The van der Waals surface area contributed by atoms with Crippen LogP contribution in [0.4, 0.5) is 5.69 Å². The van der Waals surface area contributed by atoms with Crippen molar-refractivity contribution in [1.29, 1.82) is 0 Å². The number of hydrogen-bond donors (Lipinski definition) is 3. The van der Waals surface area contributed by atoms with Crippen LogP contribution in [0.25, 0.3) is 10.9 Å². The SMILES string of the molecule is Cc1cc(NC2CCOCC2)c2[nH]c(C3=NC(CCO)CO3)cc2c1. The van der Waals surface area contributed by atoms with Crippen LogP contribution in [0.2, 0.25) is 0 Å². The van der Waals surface area contributed by atoms with Gasteiger partial charge in [-0.2, -0.15) is 0 Å². The molecule has 1 unspecified atom stereocenters. The maximum atomic E-state index is 9.07. The van der Waals surface area contributed by atoms with Gasteiger partial charge in [-0.15, -0.1) is 0 Å². The van der Waals surface area contributed by atoms with E-state index in [1.54, 1.807) is 0 Å². The highest BCUT2D eigenvalue weighted by Crippen LogP contribution is 2.29. The van der Waals surface area contributed by atoms with Gasteiger partial charge in [-0.05, 0) is 49.9 Å². The van der Waals surface area contributed by atoms with Gasteiger partial charge in [-0.25, -0.2) is 4.99 Å². The lowest BCUT2D eigenvalue weighted by Gasteiger charge is -2.24. The number of anilines is 1. The van der Waals surface area contributed by atoms with Crippen LogP contribution in [0.5, 0.6) is 0 Å². The zero-order chi connectivity index (χ0) is 17.2. The van der Waals surface area contributed by atoms with Crippen molar-refractivity contribution in [3.63, 3.8) is 0 Å². The van der Waals surface area contributed by atoms with E-state index in [-0.39, 0.29) is 12.6 Å². The summed E-state index contributed by atoms with van der Waals surface area (Å²) in [6.45, 7) is 4.43. The van der Waals surface area contributed by atoms with Gasteiger partial charge in [0.1, 0.15) is 12.3 Å². The molecule has 1 aromatic carbocycles. The molecule has 6 nitrogen and oxygen atoms in total. The van der Waals surface area contributed by atoms with Gasteiger partial charge >= 0.3 is 0 Å². The van der Waals surface area contributed by atoms with E-state index in [1.807, 2.05) is 0 Å². The summed E-state index contributed by atoms with van der Waals surface area (Å²) in [5, 5.41) is 13.9. The summed E-state index contributed by atoms with van der Waals surface area (Å²) in [5.41, 5.74) is 4.33. The normalized spacial score (nSPS) is 21.4. The van der Waals surface area contributed by atoms with Crippen LogP contribution in [0, 0.1) is 6.92 Å². The van der Waals surface area contributed by atoms with Gasteiger partial charge in [0, 0.05) is 31.2 Å². The lowest BCUT2D eigenvalue weighted by atomic mass is 10.1. The monoisotopic (exact) mass is 343 g/mol. The highest BCUT2D eigenvalue weighted by molar-refractivity contribution is 6.02. The molecule has 1 atom stereocenters. The molecule has 0 amide bonds. The Hall–Kier alpha value is -2.05. The van der Waals surface area contributed by atoms with Gasteiger partial charge < -0.3 is 24.9 Å². The molecule has 4 rings (SSSR count). The maximum absolute atomic E-state index is 9.07. The molecule has 0 aliphatic carbocycles. The Morgan fingerprint density at radius 2 is 2.12 bits per heavy atom. The summed E-state index contributed by atoms with van der Waals surface area (Å²) in [6.07, 6.45) is 2.70. The van der Waals surface area contributed by atoms with Crippen molar-refractivity contribution in [2.45, 2.75) is 38.3 Å². The number of nitrogens with one attached hydrogen (secondary N) is 2. The molecule has 0 radical (unpaired) electrons. The fraction of sp³-hybridized carbons (Fsp3) is 0.526. The van der Waals surface area contributed by atoms with E-state index < -0.39 is 0 Å². The summed E-state index contributed by atoms with van der Waals surface area (Å²) in [6, 6.07) is 6.94. The molecule has 6 heteroatoms. The smallest absolute Gasteiger partial charge is 0.233 e. The number of rotatable bonds is 5. The van der Waals surface area contributed by atoms with E-state index in [9.17, 15) is 0 Å². The molecule has 3 N–H and O–H groups in total. The van der Waals surface area contributed by atoms with Crippen LogP contribution >= 0.6 is 0 Å². The number of aromatic amines is 1. The van der Waals surface area contributed by atoms with Gasteiger partial charge in [0.25, 0.3) is 0 Å². The number of benzene rings is 1. The van der Waals surface area contributed by atoms with Crippen molar-refractivity contribution in [1.82, 2.24) is 4.98 Å². The minimum Gasteiger partial charge on any atom is -0.474 e. The Kier molecular flexibility index (Phi) is 4.63. The second-order valence-electron chi connectivity index (χ2n) is 6.90. The minimum absolute atomic E-state index is 0.0491. The minimum atomic E-state index is 0.0491. The first-order chi connectivity index (χ1) is 12.2. The molecule has 2 aromatic rings. The number of aromatic nitrogens is 1. The first kappa shape index (κ1) is 16.4. The molecule has 25 heavy (non-hydrogen) atoms. The lowest BCUT2D eigenvalue weighted by Crippen LogP contribution is -2.27. The molecular weight excluding hydrogens is 318 g/mol. The first-order valence-electron chi connectivity index (χ1n) is 9.02. The number of aliphatic hydroxyl groups is 1. The Morgan fingerprint density at radius 3 is 2.92 bits per heavy atom. The largest absolute Gasteiger partial charge is 0.474 e. The summed E-state index contributed by atoms with van der Waals surface area (Å²) < 4.78 is 11.2. The van der Waals surface area contributed by atoms with Gasteiger partial charge in [0.2, 0.25) is 5.90 Å². The average Bonchev–Trinajstić information content (AvgIpc) is 3.23. The predicted octanol–water partition coefficient (Wildman–Crippen LogP) is 2.60. The molecule has 1 fully saturated rings. The molecule has 3 heterocycles. The molecule has 134 valence electrons. The third-order valence-electron chi connectivity index (χ3n) is 4.86. The molecule has 2 aliphatic heterocycles. The number of aliphatic imine (C=N–C) groups is 1. The number of aliphatic hydroxyl groups excluding tert-OH is 1. The van der Waals surface area contributed by atoms with E-state index in [0.717, 1.165) is 48.3 Å². The second kappa shape index (κ2) is 7.06. The van der Waals surface area contributed by atoms with E-state index in [0.29, 0.717) is 25.0 Å². The number of fused-ring (bicyclic) bond motifs is 1. The van der Waals surface area contributed by atoms with Crippen molar-refractivity contribution in [3.05, 3.63) is 29.5 Å². The van der Waals surface area contributed by atoms with Crippen molar-refractivity contribution in [2.24, 2.45) is 4.99 Å². The van der Waals surface area contributed by atoms with Crippen LogP contribution in [0.3, 0.4) is 0 Å². The van der Waals surface area contributed by atoms with Gasteiger partial charge in [-0.1, -0.05) is 0 Å². The van der Waals surface area contributed by atoms with Gasteiger partial charge in [0.05, 0.1) is 17.2 Å². The highest BCUT2D eigenvalue weighted by Gasteiger charge is 2.22. The molecule has 0 spiro atoms. The van der Waals surface area contributed by atoms with Crippen molar-refractivity contribution in [2.75, 3.05) is 31.7 Å². The standard InChI is InChI=1S/C19H25N3O3/c1-12-8-13-10-17(19-21-15(2-5-23)11-25-19)22-18(13)16(9-12)20-14-3-6-24-7-4-14/h8-10,14-15,20,22-23H,2-7,11H2,1H3. The van der Waals surface area contributed by atoms with Gasteiger partial charge in [-0.3, -0.25) is 0 Å². The van der Waals surface area contributed by atoms with Crippen LogP contribution in [-0.4, -0.2) is 54.5 Å². The molecule has 2 aliphatic rings. The van der Waals surface area contributed by atoms with Crippen molar-refractivity contribution >= 4 is 22.5 Å². The molecule has 1 saturated heterocycles. The average molecular weight is 343 g/mol. The Labute approximate surface area is 147 Å². The second-order valence-corrected chi connectivity index (χ2v) is 6.90. The lowest BCUT2D eigenvalue weighted by molar-refractivity contribution is 0.0905. The Bertz CT molecular complexity index is 778. The van der Waals surface area contributed by atoms with Crippen LogP contribution in [0.15, 0.2) is 23.2 Å². The third kappa shape index (κ3) is 3.50. The van der Waals surface area contributed by atoms with Crippen LogP contribution < -0.4 is 5.32 Å². The van der Waals surface area contributed by atoms with Crippen LogP contribution in [0.1, 0.15) is 30.5 Å². The highest BCUT2D eigenvalue weighted by atomic mass is 16.5. The summed E-state index contributed by atoms with van der Waals surface area (Å²) in [5.74, 6) is 0.643. The molecule has 1 aromatic heterocycles. The van der Waals surface area contributed by atoms with Crippen molar-refractivity contribution in [3.8, 4) is 0 Å². The zero-order valence-corrected chi connectivity index (χ0v) is 14.5. The van der Waals surface area contributed by atoms with Crippen molar-refractivity contribution < 1.29 is 14.6 Å². The zero-order valence-electron chi connectivity index (χ0n) is 14.5. The summed E-state index contributed by atoms with van der Waals surface area (Å²) in [4.78, 5) is 8.05. The van der Waals surface area contributed by atoms with E-state index >= 15 is 0 Å². The van der Waals surface area contributed by atoms with Gasteiger partial charge in [0.15, 0.2) is 0 Å². The number of ether oxygens (including phenoxy) is 2. The molecular formula is C19H25N3O3. The van der Waals surface area contributed by atoms with Crippen LogP contribution in [-0.2, 0) is 9.47 Å². The number of nitrogens with zero attached hydrogens (tertiary/aromatic N) is 1. The van der Waals surface area contributed by atoms with E-state index in [2.05, 4.69) is 40.4 Å². The van der Waals surface area contributed by atoms with E-state index in [1.165, 1.54) is 5.56 Å². The third-order valence-corrected chi connectivity index (χ3v) is 4.86. The topological polar surface area (TPSA) is 78.9 Å². The fourth-order valence-electron chi connectivity index (χ4n) is 3.54. The quantitative estimate of drug-likeness (QED) is 0.780. The van der Waals surface area contributed by atoms with E-state index in [4.69, 9.17) is 14.6 Å². The first-order valence-corrected chi connectivity index (χ1v) is 9.02. The molecule has 0 saturated carbocycles. The number of hydrogen-bond acceptors (Lipinski definition) is 5. The maximum Gasteiger partial charge on any atom is 0.233 e. The fourth-order valence-corrected chi connectivity index (χ4v) is 3.54. The molecule has 0 bridgehead atoms.